The van der Waals surface area contributed by atoms with Crippen LogP contribution in [0.2, 0.25) is 0 Å². The van der Waals surface area contributed by atoms with Gasteiger partial charge in [0.25, 0.3) is 0 Å². The smallest absolute Gasteiger partial charge is 0.130 e. The Bertz CT molecular complexity index is 344. The van der Waals surface area contributed by atoms with E-state index in [2.05, 4.69) is 46.0 Å². The third-order valence-corrected chi connectivity index (χ3v) is 2.99. The Hall–Kier alpha value is -0.800. The maximum absolute atomic E-state index is 5.80. The van der Waals surface area contributed by atoms with E-state index in [0.29, 0.717) is 12.5 Å². The average molecular weight is 253 g/mol. The van der Waals surface area contributed by atoms with E-state index in [-0.39, 0.29) is 6.10 Å². The molecule has 1 aromatic heterocycles. The van der Waals surface area contributed by atoms with E-state index in [1.807, 2.05) is 0 Å². The number of aryl methyl sites for hydroxylation is 1. The average Bonchev–Trinajstić information content (AvgIpc) is 2.67. The van der Waals surface area contributed by atoms with Gasteiger partial charge in [0.15, 0.2) is 0 Å². The molecule has 0 aliphatic rings. The molecule has 1 aromatic rings. The first-order valence-electron chi connectivity index (χ1n) is 6.93. The molecule has 0 aliphatic carbocycles. The zero-order valence-corrected chi connectivity index (χ0v) is 12.4. The fourth-order valence-corrected chi connectivity index (χ4v) is 1.65. The van der Waals surface area contributed by atoms with Crippen LogP contribution in [0.5, 0.6) is 0 Å². The zero-order valence-electron chi connectivity index (χ0n) is 12.4. The molecule has 18 heavy (non-hydrogen) atoms. The summed E-state index contributed by atoms with van der Waals surface area (Å²) in [5, 5.41) is 3.40. The second-order valence-electron chi connectivity index (χ2n) is 5.37. The van der Waals surface area contributed by atoms with Gasteiger partial charge in [-0.15, -0.1) is 0 Å². The fraction of sp³-hybridized carbons (Fsp3) is 0.733. The largest absolute Gasteiger partial charge is 0.462 e. The molecule has 1 atom stereocenters. The maximum Gasteiger partial charge on any atom is 0.130 e. The van der Waals surface area contributed by atoms with Gasteiger partial charge in [0.1, 0.15) is 18.1 Å². The highest BCUT2D eigenvalue weighted by atomic mass is 16.5. The molecule has 1 rings (SSSR count). The number of furan rings is 1. The molecule has 0 fully saturated rings. The van der Waals surface area contributed by atoms with Gasteiger partial charge in [-0.25, -0.2) is 0 Å². The van der Waals surface area contributed by atoms with Crippen molar-refractivity contribution in [3.63, 3.8) is 0 Å². The molecule has 0 spiro atoms. The van der Waals surface area contributed by atoms with Gasteiger partial charge in [-0.2, -0.15) is 0 Å². The predicted molar refractivity (Wildman–Crippen MR) is 74.5 cm³/mol. The minimum atomic E-state index is 0.290. The molecule has 1 N–H and O–H groups in total. The standard InChI is InChI=1S/C15H27NO2/c1-6-13(5)17-10-14-7-12(4)15(18-14)9-16-8-11(2)3/h7,11,13,16H,6,8-10H2,1-5H3. The third kappa shape index (κ3) is 5.23. The van der Waals surface area contributed by atoms with Crippen molar-refractivity contribution in [3.8, 4) is 0 Å². The van der Waals surface area contributed by atoms with Crippen LogP contribution in [0.4, 0.5) is 0 Å². The number of ether oxygens (including phenoxy) is 1. The monoisotopic (exact) mass is 253 g/mol. The Morgan fingerprint density at radius 1 is 1.33 bits per heavy atom. The molecular weight excluding hydrogens is 226 g/mol. The minimum absolute atomic E-state index is 0.290. The highest BCUT2D eigenvalue weighted by molar-refractivity contribution is 5.19. The lowest BCUT2D eigenvalue weighted by Gasteiger charge is -2.08. The molecule has 1 unspecified atom stereocenters. The molecule has 104 valence electrons. The first-order chi connectivity index (χ1) is 8.52. The highest BCUT2D eigenvalue weighted by Gasteiger charge is 2.09. The molecule has 1 heterocycles. The van der Waals surface area contributed by atoms with Crippen molar-refractivity contribution in [2.24, 2.45) is 5.92 Å². The summed E-state index contributed by atoms with van der Waals surface area (Å²) < 4.78 is 11.5. The molecular formula is C15H27NO2. The number of nitrogens with one attached hydrogen (secondary N) is 1. The summed E-state index contributed by atoms with van der Waals surface area (Å²) in [6.45, 7) is 13.1. The van der Waals surface area contributed by atoms with E-state index in [1.165, 1.54) is 5.56 Å². The van der Waals surface area contributed by atoms with Crippen LogP contribution >= 0.6 is 0 Å². The van der Waals surface area contributed by atoms with Crippen LogP contribution in [0.15, 0.2) is 10.5 Å². The van der Waals surface area contributed by atoms with Crippen molar-refractivity contribution in [1.82, 2.24) is 5.32 Å². The molecule has 0 aliphatic heterocycles. The quantitative estimate of drug-likeness (QED) is 0.768. The van der Waals surface area contributed by atoms with Crippen molar-refractivity contribution in [2.45, 2.75) is 60.3 Å². The van der Waals surface area contributed by atoms with Crippen LogP contribution in [0.1, 0.15) is 51.2 Å². The molecule has 3 nitrogen and oxygen atoms in total. The summed E-state index contributed by atoms with van der Waals surface area (Å²) in [4.78, 5) is 0. The van der Waals surface area contributed by atoms with Crippen LogP contribution < -0.4 is 5.32 Å². The van der Waals surface area contributed by atoms with E-state index in [1.54, 1.807) is 0 Å². The number of hydrogen-bond acceptors (Lipinski definition) is 3. The first kappa shape index (κ1) is 15.3. The summed E-state index contributed by atoms with van der Waals surface area (Å²) in [5.41, 5.74) is 1.20. The Labute approximate surface area is 111 Å². The summed E-state index contributed by atoms with van der Waals surface area (Å²) in [7, 11) is 0. The van der Waals surface area contributed by atoms with Gasteiger partial charge >= 0.3 is 0 Å². The first-order valence-corrected chi connectivity index (χ1v) is 6.93. The topological polar surface area (TPSA) is 34.4 Å². The van der Waals surface area contributed by atoms with Gasteiger partial charge in [-0.1, -0.05) is 20.8 Å². The Morgan fingerprint density at radius 3 is 2.67 bits per heavy atom. The van der Waals surface area contributed by atoms with Crippen LogP contribution in [-0.4, -0.2) is 12.6 Å². The van der Waals surface area contributed by atoms with E-state index < -0.39 is 0 Å². The van der Waals surface area contributed by atoms with Crippen molar-refractivity contribution < 1.29 is 9.15 Å². The van der Waals surface area contributed by atoms with Crippen molar-refractivity contribution in [2.75, 3.05) is 6.54 Å². The molecule has 0 aromatic carbocycles. The van der Waals surface area contributed by atoms with Crippen molar-refractivity contribution in [3.05, 3.63) is 23.2 Å². The fourth-order valence-electron chi connectivity index (χ4n) is 1.65. The van der Waals surface area contributed by atoms with Gasteiger partial charge in [0.05, 0.1) is 12.6 Å². The second-order valence-corrected chi connectivity index (χ2v) is 5.37. The molecule has 3 heteroatoms. The third-order valence-electron chi connectivity index (χ3n) is 2.99. The number of rotatable bonds is 8. The van der Waals surface area contributed by atoms with Crippen molar-refractivity contribution >= 4 is 0 Å². The Kier molecular flexibility index (Phi) is 6.44. The van der Waals surface area contributed by atoms with Gasteiger partial charge in [-0.05, 0) is 44.4 Å². The maximum atomic E-state index is 5.80. The Morgan fingerprint density at radius 2 is 2.06 bits per heavy atom. The second kappa shape index (κ2) is 7.59. The molecule has 0 saturated carbocycles. The van der Waals surface area contributed by atoms with E-state index in [0.717, 1.165) is 31.0 Å². The zero-order chi connectivity index (χ0) is 13.5. The molecule has 0 bridgehead atoms. The highest BCUT2D eigenvalue weighted by Crippen LogP contribution is 2.16. The summed E-state index contributed by atoms with van der Waals surface area (Å²) >= 11 is 0. The van der Waals surface area contributed by atoms with Crippen LogP contribution in [-0.2, 0) is 17.9 Å². The normalized spacial score (nSPS) is 13.2. The van der Waals surface area contributed by atoms with Gasteiger partial charge in [-0.3, -0.25) is 0 Å². The predicted octanol–water partition coefficient (Wildman–Crippen LogP) is 3.65. The molecule has 0 saturated heterocycles. The van der Waals surface area contributed by atoms with Gasteiger partial charge in [0, 0.05) is 0 Å². The molecule has 0 amide bonds. The lowest BCUT2D eigenvalue weighted by Crippen LogP contribution is -2.19. The molecule has 0 radical (unpaired) electrons. The van der Waals surface area contributed by atoms with E-state index in [4.69, 9.17) is 9.15 Å². The lowest BCUT2D eigenvalue weighted by atomic mass is 10.2. The van der Waals surface area contributed by atoms with Gasteiger partial charge in [0.2, 0.25) is 0 Å². The van der Waals surface area contributed by atoms with E-state index >= 15 is 0 Å². The summed E-state index contributed by atoms with van der Waals surface area (Å²) in [5.74, 6) is 2.61. The van der Waals surface area contributed by atoms with Crippen LogP contribution in [0.3, 0.4) is 0 Å². The van der Waals surface area contributed by atoms with Crippen LogP contribution in [0, 0.1) is 12.8 Å². The number of hydrogen-bond donors (Lipinski definition) is 1. The van der Waals surface area contributed by atoms with Gasteiger partial charge < -0.3 is 14.5 Å². The van der Waals surface area contributed by atoms with E-state index in [9.17, 15) is 0 Å². The summed E-state index contributed by atoms with van der Waals surface area (Å²) in [6, 6.07) is 2.08. The lowest BCUT2D eigenvalue weighted by molar-refractivity contribution is 0.0400. The minimum Gasteiger partial charge on any atom is -0.462 e. The van der Waals surface area contributed by atoms with Crippen molar-refractivity contribution in [1.29, 1.82) is 0 Å². The Balaban J connectivity index is 2.43. The van der Waals surface area contributed by atoms with Crippen LogP contribution in [0.25, 0.3) is 0 Å². The SMILES string of the molecule is CCC(C)OCc1cc(C)c(CNCC(C)C)o1. The summed E-state index contributed by atoms with van der Waals surface area (Å²) in [6.07, 6.45) is 1.32.